The van der Waals surface area contributed by atoms with E-state index >= 15 is 0 Å². The topological polar surface area (TPSA) is 55.1 Å². The first-order chi connectivity index (χ1) is 8.20. The number of rotatable bonds is 3. The average molecular weight is 248 g/mol. The summed E-state index contributed by atoms with van der Waals surface area (Å²) in [4.78, 5) is 16.8. The molecule has 0 aliphatic heterocycles. The van der Waals surface area contributed by atoms with Crippen LogP contribution in [0.15, 0.2) is 51.4 Å². The number of phenolic OH excluding ortho intramolecular Hbond substituents is 1. The lowest BCUT2D eigenvalue weighted by molar-refractivity contribution is 0.475. The molecule has 88 valence electrons. The van der Waals surface area contributed by atoms with Crippen LogP contribution in [0.5, 0.6) is 5.75 Å². The highest BCUT2D eigenvalue weighted by Gasteiger charge is 2.05. The summed E-state index contributed by atoms with van der Waals surface area (Å²) in [5.74, 6) is 0.210. The van der Waals surface area contributed by atoms with Gasteiger partial charge >= 0.3 is 0 Å². The predicted octanol–water partition coefficient (Wildman–Crippen LogP) is 2.12. The molecule has 0 atom stereocenters. The van der Waals surface area contributed by atoms with Gasteiger partial charge in [-0.15, -0.1) is 0 Å². The Morgan fingerprint density at radius 3 is 2.71 bits per heavy atom. The first-order valence-corrected chi connectivity index (χ1v) is 6.04. The second-order valence-electron chi connectivity index (χ2n) is 3.42. The number of aryl methyl sites for hydroxylation is 1. The van der Waals surface area contributed by atoms with Gasteiger partial charge in [-0.2, -0.15) is 0 Å². The Morgan fingerprint density at radius 1 is 1.35 bits per heavy atom. The van der Waals surface area contributed by atoms with Gasteiger partial charge in [0.2, 0.25) is 0 Å². The molecule has 0 spiro atoms. The van der Waals surface area contributed by atoms with E-state index in [0.717, 1.165) is 4.90 Å². The first kappa shape index (κ1) is 11.7. The molecule has 0 saturated heterocycles. The molecule has 0 aliphatic carbocycles. The van der Waals surface area contributed by atoms with Crippen molar-refractivity contribution in [1.82, 2.24) is 9.55 Å². The van der Waals surface area contributed by atoms with E-state index in [4.69, 9.17) is 5.11 Å². The van der Waals surface area contributed by atoms with Gasteiger partial charge in [-0.25, -0.2) is 4.98 Å². The molecule has 0 saturated carbocycles. The summed E-state index contributed by atoms with van der Waals surface area (Å²) in [6.07, 6.45) is 3.29. The van der Waals surface area contributed by atoms with E-state index in [0.29, 0.717) is 11.6 Å². The van der Waals surface area contributed by atoms with Crippen molar-refractivity contribution in [3.8, 4) is 5.75 Å². The number of hydrogen-bond donors (Lipinski definition) is 1. The summed E-state index contributed by atoms with van der Waals surface area (Å²) in [5.41, 5.74) is -0.0897. The van der Waals surface area contributed by atoms with E-state index in [9.17, 15) is 4.79 Å². The van der Waals surface area contributed by atoms with Crippen LogP contribution in [0.25, 0.3) is 0 Å². The SMILES string of the molecule is CCn1ccnc(Sc2ccc(O)cc2)c1=O. The summed E-state index contributed by atoms with van der Waals surface area (Å²) < 4.78 is 1.61. The maximum Gasteiger partial charge on any atom is 0.283 e. The molecule has 17 heavy (non-hydrogen) atoms. The third-order valence-electron chi connectivity index (χ3n) is 2.27. The zero-order valence-corrected chi connectivity index (χ0v) is 10.1. The molecule has 4 nitrogen and oxygen atoms in total. The zero-order valence-electron chi connectivity index (χ0n) is 9.33. The minimum atomic E-state index is -0.0897. The van der Waals surface area contributed by atoms with Crippen LogP contribution in [-0.4, -0.2) is 14.7 Å². The Hall–Kier alpha value is -1.75. The molecule has 0 aliphatic rings. The molecule has 0 radical (unpaired) electrons. The summed E-state index contributed by atoms with van der Waals surface area (Å²) >= 11 is 1.30. The van der Waals surface area contributed by atoms with Crippen LogP contribution in [0.3, 0.4) is 0 Å². The monoisotopic (exact) mass is 248 g/mol. The highest BCUT2D eigenvalue weighted by Crippen LogP contribution is 2.24. The second kappa shape index (κ2) is 5.05. The predicted molar refractivity (Wildman–Crippen MR) is 66.4 cm³/mol. The van der Waals surface area contributed by atoms with Crippen LogP contribution in [0.4, 0.5) is 0 Å². The highest BCUT2D eigenvalue weighted by atomic mass is 32.2. The van der Waals surface area contributed by atoms with Gasteiger partial charge in [-0.3, -0.25) is 4.79 Å². The number of phenols is 1. The van der Waals surface area contributed by atoms with Crippen molar-refractivity contribution in [3.05, 3.63) is 47.0 Å². The third-order valence-corrected chi connectivity index (χ3v) is 3.26. The molecule has 0 fully saturated rings. The van der Waals surface area contributed by atoms with Gasteiger partial charge in [-0.1, -0.05) is 11.8 Å². The smallest absolute Gasteiger partial charge is 0.283 e. The second-order valence-corrected chi connectivity index (χ2v) is 4.48. The van der Waals surface area contributed by atoms with Gasteiger partial charge < -0.3 is 9.67 Å². The number of aromatic hydroxyl groups is 1. The Labute approximate surface area is 103 Å². The quantitative estimate of drug-likeness (QED) is 0.904. The van der Waals surface area contributed by atoms with Gasteiger partial charge in [0.1, 0.15) is 5.75 Å². The molecule has 1 heterocycles. The van der Waals surface area contributed by atoms with E-state index < -0.39 is 0 Å². The summed E-state index contributed by atoms with van der Waals surface area (Å²) in [6.45, 7) is 2.54. The molecule has 1 aromatic carbocycles. The lowest BCUT2D eigenvalue weighted by Crippen LogP contribution is -2.20. The van der Waals surface area contributed by atoms with Crippen molar-refractivity contribution in [3.63, 3.8) is 0 Å². The third kappa shape index (κ3) is 2.68. The number of aromatic nitrogens is 2. The normalized spacial score (nSPS) is 10.4. The summed E-state index contributed by atoms with van der Waals surface area (Å²) in [7, 11) is 0. The maximum atomic E-state index is 11.9. The lowest BCUT2D eigenvalue weighted by atomic mass is 10.3. The summed E-state index contributed by atoms with van der Waals surface area (Å²) in [6, 6.07) is 6.68. The zero-order chi connectivity index (χ0) is 12.3. The average Bonchev–Trinajstić information content (AvgIpc) is 2.35. The fraction of sp³-hybridized carbons (Fsp3) is 0.167. The van der Waals surface area contributed by atoms with Crippen molar-refractivity contribution >= 4 is 11.8 Å². The number of benzene rings is 1. The van der Waals surface area contributed by atoms with E-state index in [1.54, 1.807) is 41.2 Å². The van der Waals surface area contributed by atoms with E-state index in [1.165, 1.54) is 11.8 Å². The van der Waals surface area contributed by atoms with Gasteiger partial charge in [0.05, 0.1) is 0 Å². The number of nitrogens with zero attached hydrogens (tertiary/aromatic N) is 2. The molecular formula is C12H12N2O2S. The maximum absolute atomic E-state index is 11.9. The lowest BCUT2D eigenvalue weighted by Gasteiger charge is -2.04. The molecule has 2 aromatic rings. The van der Waals surface area contributed by atoms with Gasteiger partial charge in [0.15, 0.2) is 5.03 Å². The Balaban J connectivity index is 2.30. The molecule has 5 heteroatoms. The van der Waals surface area contributed by atoms with Gasteiger partial charge in [0, 0.05) is 23.8 Å². The highest BCUT2D eigenvalue weighted by molar-refractivity contribution is 7.99. The molecule has 2 rings (SSSR count). The van der Waals surface area contributed by atoms with Crippen LogP contribution in [-0.2, 0) is 6.54 Å². The van der Waals surface area contributed by atoms with Crippen molar-refractivity contribution in [2.75, 3.05) is 0 Å². The molecule has 1 N–H and O–H groups in total. The molecule has 1 aromatic heterocycles. The van der Waals surface area contributed by atoms with E-state index in [1.807, 2.05) is 6.92 Å². The van der Waals surface area contributed by atoms with Crippen molar-refractivity contribution in [2.45, 2.75) is 23.4 Å². The summed E-state index contributed by atoms with van der Waals surface area (Å²) in [5, 5.41) is 9.61. The molecule has 0 unspecified atom stereocenters. The van der Waals surface area contributed by atoms with Crippen molar-refractivity contribution < 1.29 is 5.11 Å². The fourth-order valence-electron chi connectivity index (χ4n) is 1.37. The minimum absolute atomic E-state index is 0.0897. The van der Waals surface area contributed by atoms with Crippen molar-refractivity contribution in [2.24, 2.45) is 0 Å². The molecule has 0 bridgehead atoms. The standard InChI is InChI=1S/C12H12N2O2S/c1-2-14-8-7-13-11(12(14)16)17-10-5-3-9(15)4-6-10/h3-8,15H,2H2,1H3. The van der Waals surface area contributed by atoms with Crippen LogP contribution in [0.2, 0.25) is 0 Å². The van der Waals surface area contributed by atoms with Crippen LogP contribution in [0, 0.1) is 0 Å². The van der Waals surface area contributed by atoms with E-state index in [-0.39, 0.29) is 11.3 Å². The molecule has 0 amide bonds. The minimum Gasteiger partial charge on any atom is -0.508 e. The van der Waals surface area contributed by atoms with Crippen molar-refractivity contribution in [1.29, 1.82) is 0 Å². The fourth-order valence-corrected chi connectivity index (χ4v) is 2.19. The van der Waals surface area contributed by atoms with Crippen LogP contribution < -0.4 is 5.56 Å². The first-order valence-electron chi connectivity index (χ1n) is 5.23. The molecular weight excluding hydrogens is 236 g/mol. The Kier molecular flexibility index (Phi) is 3.49. The van der Waals surface area contributed by atoms with E-state index in [2.05, 4.69) is 4.98 Å². The van der Waals surface area contributed by atoms with Crippen LogP contribution >= 0.6 is 11.8 Å². The van der Waals surface area contributed by atoms with Gasteiger partial charge in [0.25, 0.3) is 5.56 Å². The largest absolute Gasteiger partial charge is 0.508 e. The van der Waals surface area contributed by atoms with Gasteiger partial charge in [-0.05, 0) is 31.2 Å². The Bertz CT molecular complexity index is 563. The van der Waals surface area contributed by atoms with Crippen LogP contribution in [0.1, 0.15) is 6.92 Å². The number of hydrogen-bond acceptors (Lipinski definition) is 4. The Morgan fingerprint density at radius 2 is 2.06 bits per heavy atom.